The van der Waals surface area contributed by atoms with E-state index in [1.165, 1.54) is 0 Å². The Kier molecular flexibility index (Phi) is 6.65. The molecule has 1 unspecified atom stereocenters. The molecule has 4 aromatic rings. The van der Waals surface area contributed by atoms with Crippen LogP contribution >= 0.6 is 0 Å². The number of oxazole rings is 2. The number of aromatic nitrogens is 2. The highest BCUT2D eigenvalue weighted by molar-refractivity contribution is 5.89. The molecule has 10 heteroatoms. The number of hydrogen-bond donors (Lipinski definition) is 3. The fourth-order valence-electron chi connectivity index (χ4n) is 6.76. The van der Waals surface area contributed by atoms with Gasteiger partial charge in [-0.05, 0) is 48.4 Å². The van der Waals surface area contributed by atoms with Gasteiger partial charge in [0.15, 0.2) is 23.5 Å². The zero-order chi connectivity index (χ0) is 30.9. The van der Waals surface area contributed by atoms with Crippen molar-refractivity contribution in [1.29, 1.82) is 0 Å². The van der Waals surface area contributed by atoms with Gasteiger partial charge >= 0.3 is 0 Å². The monoisotopic (exact) mass is 596 g/mol. The molecule has 228 valence electrons. The maximum atomic E-state index is 14.0. The quantitative estimate of drug-likeness (QED) is 0.278. The molecule has 0 fully saturated rings. The minimum atomic E-state index is -1.15. The van der Waals surface area contributed by atoms with E-state index in [9.17, 15) is 14.7 Å². The van der Waals surface area contributed by atoms with Gasteiger partial charge in [-0.15, -0.1) is 0 Å². The van der Waals surface area contributed by atoms with E-state index in [1.54, 1.807) is 20.1 Å². The lowest BCUT2D eigenvalue weighted by molar-refractivity contribution is -0.135. The van der Waals surface area contributed by atoms with Crippen molar-refractivity contribution >= 4 is 17.4 Å². The van der Waals surface area contributed by atoms with E-state index in [0.717, 1.165) is 22.4 Å². The van der Waals surface area contributed by atoms with Crippen LogP contribution in [0.1, 0.15) is 74.2 Å². The van der Waals surface area contributed by atoms with E-state index >= 15 is 0 Å². The van der Waals surface area contributed by atoms with Gasteiger partial charge < -0.3 is 29.3 Å². The minimum Gasteiger partial charge on any atom is -0.469 e. The van der Waals surface area contributed by atoms with E-state index < -0.39 is 29.7 Å². The summed E-state index contributed by atoms with van der Waals surface area (Å²) in [6, 6.07) is 13.3. The van der Waals surface area contributed by atoms with Gasteiger partial charge in [-0.3, -0.25) is 9.59 Å². The number of anilines is 1. The molecule has 0 saturated carbocycles. The van der Waals surface area contributed by atoms with Gasteiger partial charge in [-0.2, -0.15) is 0 Å². The largest absolute Gasteiger partial charge is 0.469 e. The number of para-hydroxylation sites is 1. The predicted octanol–water partition coefficient (Wildman–Crippen LogP) is 5.08. The third kappa shape index (κ3) is 4.26. The van der Waals surface area contributed by atoms with Gasteiger partial charge in [0.25, 0.3) is 0 Å². The number of ketones is 1. The van der Waals surface area contributed by atoms with E-state index in [4.69, 9.17) is 18.6 Å². The van der Waals surface area contributed by atoms with Crippen molar-refractivity contribution in [3.05, 3.63) is 82.8 Å². The molecule has 1 spiro atoms. The Morgan fingerprint density at radius 1 is 1.09 bits per heavy atom. The molecule has 7 rings (SSSR count). The first-order valence-corrected chi connectivity index (χ1v) is 15.2. The van der Waals surface area contributed by atoms with E-state index in [-0.39, 0.29) is 29.9 Å². The molecule has 5 atom stereocenters. The van der Waals surface area contributed by atoms with E-state index in [2.05, 4.69) is 21.7 Å². The number of aliphatic hydroxyl groups is 1. The number of nitrogens with one attached hydrogen (secondary N) is 2. The lowest BCUT2D eigenvalue weighted by Gasteiger charge is -2.28. The number of hydrogen-bond acceptors (Lipinski definition) is 9. The number of Topliss-reactive ketones (excluding diaryl/α,β-unsaturated/α-hetero) is 1. The summed E-state index contributed by atoms with van der Waals surface area (Å²) in [7, 11) is 0. The van der Waals surface area contributed by atoms with Gasteiger partial charge in [0.2, 0.25) is 17.7 Å². The molecule has 2 aromatic heterocycles. The number of aliphatic hydroxyl groups excluding tert-OH is 1. The Labute approximate surface area is 255 Å². The Morgan fingerprint density at radius 3 is 2.61 bits per heavy atom. The fourth-order valence-corrected chi connectivity index (χ4v) is 6.76. The average molecular weight is 597 g/mol. The summed E-state index contributed by atoms with van der Waals surface area (Å²) in [5, 5.41) is 17.2. The molecule has 44 heavy (non-hydrogen) atoms. The van der Waals surface area contributed by atoms with Crippen LogP contribution in [0, 0.1) is 24.7 Å². The lowest BCUT2D eigenvalue weighted by atomic mass is 9.72. The van der Waals surface area contributed by atoms with Gasteiger partial charge in [0.05, 0.1) is 5.69 Å². The summed E-state index contributed by atoms with van der Waals surface area (Å²) in [6.45, 7) is 9.37. The maximum absolute atomic E-state index is 14.0. The van der Waals surface area contributed by atoms with Crippen molar-refractivity contribution in [2.45, 2.75) is 71.2 Å². The van der Waals surface area contributed by atoms with Gasteiger partial charge in [-0.1, -0.05) is 58.0 Å². The lowest BCUT2D eigenvalue weighted by Crippen LogP contribution is -2.41. The second-order valence-electron chi connectivity index (χ2n) is 12.8. The molecule has 3 aliphatic rings. The van der Waals surface area contributed by atoms with E-state index in [0.29, 0.717) is 41.1 Å². The molecular weight excluding hydrogens is 560 g/mol. The predicted molar refractivity (Wildman–Crippen MR) is 161 cm³/mol. The highest BCUT2D eigenvalue weighted by Crippen LogP contribution is 2.59. The van der Waals surface area contributed by atoms with Crippen LogP contribution in [0.2, 0.25) is 0 Å². The molecule has 0 saturated heterocycles. The van der Waals surface area contributed by atoms with Gasteiger partial charge in [-0.25, -0.2) is 9.97 Å². The first-order chi connectivity index (χ1) is 21.1. The molecule has 3 N–H and O–H groups in total. The van der Waals surface area contributed by atoms with Crippen LogP contribution in [0.4, 0.5) is 5.69 Å². The summed E-state index contributed by atoms with van der Waals surface area (Å²) < 4.78 is 19.3. The highest BCUT2D eigenvalue weighted by atomic mass is 16.5. The first-order valence-electron chi connectivity index (χ1n) is 15.2. The SMILES string of the molecule is Cc1coc(-c2nc3oc2C24c5ccccc5N[C@H]2Oc2ccc(cc24)C[C@H](CC(=O)[C@@H](O)C(C)C)C(=O)N[C@H]3C(C)C)n1. The summed E-state index contributed by atoms with van der Waals surface area (Å²) in [5.41, 5.74) is 3.77. The Morgan fingerprint density at radius 2 is 1.89 bits per heavy atom. The summed E-state index contributed by atoms with van der Waals surface area (Å²) >= 11 is 0. The summed E-state index contributed by atoms with van der Waals surface area (Å²) in [4.78, 5) is 36.7. The number of nitrogens with zero attached hydrogens (tertiary/aromatic N) is 2. The third-order valence-corrected chi connectivity index (χ3v) is 9.06. The van der Waals surface area contributed by atoms with Crippen molar-refractivity contribution in [3.63, 3.8) is 0 Å². The maximum Gasteiger partial charge on any atom is 0.249 e. The van der Waals surface area contributed by atoms with Crippen molar-refractivity contribution < 1.29 is 28.3 Å². The number of aryl methyl sites for hydroxylation is 1. The van der Waals surface area contributed by atoms with Crippen LogP contribution in [-0.2, 0) is 21.4 Å². The number of ether oxygens (including phenoxy) is 1. The van der Waals surface area contributed by atoms with Crippen molar-refractivity contribution in [3.8, 4) is 17.3 Å². The summed E-state index contributed by atoms with van der Waals surface area (Å²) in [6.07, 6.45) is 0.0801. The van der Waals surface area contributed by atoms with E-state index in [1.807, 2.05) is 57.2 Å². The minimum absolute atomic E-state index is 0.0978. The number of amides is 1. The third-order valence-electron chi connectivity index (χ3n) is 9.06. The Hall–Kier alpha value is -4.44. The Balaban J connectivity index is 1.48. The van der Waals surface area contributed by atoms with Crippen LogP contribution < -0.4 is 15.4 Å². The zero-order valence-electron chi connectivity index (χ0n) is 25.4. The average Bonchev–Trinajstić information content (AvgIpc) is 3.75. The smallest absolute Gasteiger partial charge is 0.249 e. The first kappa shape index (κ1) is 28.3. The molecular formula is C34H36N4O6. The molecule has 3 aliphatic heterocycles. The van der Waals surface area contributed by atoms with Crippen LogP contribution in [0.5, 0.6) is 5.75 Å². The highest BCUT2D eigenvalue weighted by Gasteiger charge is 2.61. The second-order valence-corrected chi connectivity index (χ2v) is 12.8. The topological polar surface area (TPSA) is 140 Å². The van der Waals surface area contributed by atoms with Crippen molar-refractivity contribution in [2.75, 3.05) is 5.32 Å². The number of benzene rings is 2. The number of fused-ring (bicyclic) bond motifs is 4. The van der Waals surface area contributed by atoms with Crippen LogP contribution in [0.3, 0.4) is 0 Å². The van der Waals surface area contributed by atoms with Crippen LogP contribution in [0.15, 0.2) is 57.6 Å². The van der Waals surface area contributed by atoms with Crippen molar-refractivity contribution in [1.82, 2.24) is 15.3 Å². The second kappa shape index (κ2) is 10.3. The summed E-state index contributed by atoms with van der Waals surface area (Å²) in [5.74, 6) is 0.0580. The zero-order valence-corrected chi connectivity index (χ0v) is 25.4. The standard InChI is InChI=1S/C34H36N4O6/c1-16(2)26-32-38-27(31-35-18(5)15-42-31)29(44-32)34-21-8-6-7-9-23(21)36-33(34)43-25-11-10-19(13-22(25)34)12-20(30(41)37-26)14-24(39)28(40)17(3)4/h6-11,13,15-17,20,26,28,33,36,40H,12,14H2,1-5H3,(H,37,41)/t20-,26+,28+,33+,34?/m1/s1. The molecule has 4 bridgehead atoms. The van der Waals surface area contributed by atoms with Gasteiger partial charge in [0, 0.05) is 23.6 Å². The normalized spacial score (nSPS) is 24.1. The number of rotatable bonds is 6. The van der Waals surface area contributed by atoms with Gasteiger partial charge in [0.1, 0.15) is 29.6 Å². The fraction of sp³-hybridized carbons (Fsp3) is 0.412. The van der Waals surface area contributed by atoms with Crippen molar-refractivity contribution in [2.24, 2.45) is 17.8 Å². The molecule has 1 amide bonds. The number of carbonyl (C=O) groups excluding carboxylic acids is 2. The molecule has 0 radical (unpaired) electrons. The molecule has 5 heterocycles. The molecule has 0 aliphatic carbocycles. The van der Waals surface area contributed by atoms with Crippen LogP contribution in [-0.4, -0.2) is 39.1 Å². The molecule has 2 aromatic carbocycles. The Bertz CT molecular complexity index is 1770. The molecule has 10 nitrogen and oxygen atoms in total. The number of carbonyl (C=O) groups is 2. The van der Waals surface area contributed by atoms with Crippen LogP contribution in [0.25, 0.3) is 11.6 Å².